The van der Waals surface area contributed by atoms with E-state index >= 15 is 0 Å². The van der Waals surface area contributed by atoms with Crippen molar-refractivity contribution in [2.45, 2.75) is 13.0 Å². The number of hydrogen-bond donors (Lipinski definition) is 0. The fraction of sp³-hybridized carbons (Fsp3) is 0.0952. The zero-order valence-electron chi connectivity index (χ0n) is 14.4. The van der Waals surface area contributed by atoms with E-state index in [0.29, 0.717) is 28.8 Å². The van der Waals surface area contributed by atoms with Crippen LogP contribution in [-0.4, -0.2) is 16.8 Å². The van der Waals surface area contributed by atoms with Gasteiger partial charge in [0.25, 0.3) is 0 Å². The molecule has 0 bridgehead atoms. The van der Waals surface area contributed by atoms with Gasteiger partial charge in [-0.15, -0.1) is 0 Å². The van der Waals surface area contributed by atoms with Gasteiger partial charge < -0.3 is 4.90 Å². The summed E-state index contributed by atoms with van der Waals surface area (Å²) in [6, 6.07) is 20.2. The fourth-order valence-electron chi connectivity index (χ4n) is 3.15. The second-order valence-electron chi connectivity index (χ2n) is 6.19. The smallest absolute Gasteiger partial charge is 0.242 e. The molecule has 0 N–H and O–H groups in total. The second kappa shape index (κ2) is 7.21. The lowest BCUT2D eigenvalue weighted by Gasteiger charge is -2.25. The van der Waals surface area contributed by atoms with Gasteiger partial charge in [-0.1, -0.05) is 48.0 Å². The van der Waals surface area contributed by atoms with Crippen LogP contribution in [0.5, 0.6) is 0 Å². The molecule has 0 saturated carbocycles. The van der Waals surface area contributed by atoms with Crippen molar-refractivity contribution in [2.75, 3.05) is 9.80 Å². The van der Waals surface area contributed by atoms with Gasteiger partial charge in [0.15, 0.2) is 0 Å². The van der Waals surface area contributed by atoms with Crippen molar-refractivity contribution in [2.24, 2.45) is 0 Å². The number of nitrogens with zero attached hydrogens (tertiary/aromatic N) is 3. The molecule has 2 heterocycles. The Labute approximate surface area is 161 Å². The Hall–Kier alpha value is -3.18. The lowest BCUT2D eigenvalue weighted by Crippen LogP contribution is -2.31. The van der Waals surface area contributed by atoms with E-state index in [4.69, 9.17) is 11.6 Å². The normalized spacial score (nSPS) is 14.1. The minimum Gasteiger partial charge on any atom is -0.305 e. The number of aromatic nitrogens is 1. The van der Waals surface area contributed by atoms with Crippen molar-refractivity contribution in [1.82, 2.24) is 4.98 Å². The number of carbonyl (C=O) groups excluding carboxylic acids is 2. The first kappa shape index (κ1) is 17.2. The van der Waals surface area contributed by atoms with Gasteiger partial charge in [0.05, 0.1) is 17.9 Å². The van der Waals surface area contributed by atoms with Crippen LogP contribution < -0.4 is 9.80 Å². The molecule has 2 aromatic carbocycles. The van der Waals surface area contributed by atoms with Crippen LogP contribution in [0.1, 0.15) is 12.0 Å². The maximum Gasteiger partial charge on any atom is 0.242 e. The van der Waals surface area contributed by atoms with E-state index in [9.17, 15) is 9.59 Å². The zero-order valence-corrected chi connectivity index (χ0v) is 15.1. The lowest BCUT2D eigenvalue weighted by atomic mass is 10.1. The van der Waals surface area contributed by atoms with Crippen molar-refractivity contribution in [3.8, 4) is 0 Å². The molecule has 27 heavy (non-hydrogen) atoms. The molecule has 0 spiro atoms. The van der Waals surface area contributed by atoms with Gasteiger partial charge in [-0.2, -0.15) is 0 Å². The average molecular weight is 378 g/mol. The SMILES string of the molecule is O=C1CC(=O)N(c2ccccn2)c2cc(Cl)ccc2N1Cc1ccccc1. The summed E-state index contributed by atoms with van der Waals surface area (Å²) in [6.07, 6.45) is 1.37. The Morgan fingerprint density at radius 2 is 1.67 bits per heavy atom. The molecule has 3 aromatic rings. The molecule has 134 valence electrons. The van der Waals surface area contributed by atoms with E-state index in [1.54, 1.807) is 47.5 Å². The van der Waals surface area contributed by atoms with Gasteiger partial charge in [-0.05, 0) is 35.9 Å². The van der Waals surface area contributed by atoms with E-state index in [0.717, 1.165) is 5.56 Å². The maximum atomic E-state index is 12.9. The summed E-state index contributed by atoms with van der Waals surface area (Å²) in [5, 5.41) is 0.483. The number of carbonyl (C=O) groups is 2. The minimum atomic E-state index is -0.335. The Balaban J connectivity index is 1.85. The van der Waals surface area contributed by atoms with Crippen LogP contribution in [0, 0.1) is 0 Å². The van der Waals surface area contributed by atoms with Gasteiger partial charge in [0, 0.05) is 11.2 Å². The van der Waals surface area contributed by atoms with Crippen LogP contribution in [0.4, 0.5) is 17.2 Å². The quantitative estimate of drug-likeness (QED) is 0.638. The van der Waals surface area contributed by atoms with E-state index in [2.05, 4.69) is 4.98 Å². The van der Waals surface area contributed by atoms with Gasteiger partial charge in [-0.25, -0.2) is 4.98 Å². The second-order valence-corrected chi connectivity index (χ2v) is 6.63. The van der Waals surface area contributed by atoms with Crippen molar-refractivity contribution in [3.05, 3.63) is 83.5 Å². The van der Waals surface area contributed by atoms with Gasteiger partial charge in [-0.3, -0.25) is 14.5 Å². The number of fused-ring (bicyclic) bond motifs is 1. The summed E-state index contributed by atoms with van der Waals surface area (Å²) in [5.74, 6) is -0.135. The third-order valence-electron chi connectivity index (χ3n) is 4.38. The molecule has 0 radical (unpaired) electrons. The highest BCUT2D eigenvalue weighted by Gasteiger charge is 2.33. The number of anilines is 3. The molecule has 0 fully saturated rings. The number of hydrogen-bond acceptors (Lipinski definition) is 3. The number of amides is 2. The van der Waals surface area contributed by atoms with Gasteiger partial charge in [0.1, 0.15) is 12.2 Å². The summed E-state index contributed by atoms with van der Waals surface area (Å²) >= 11 is 6.21. The van der Waals surface area contributed by atoms with Crippen molar-refractivity contribution < 1.29 is 9.59 Å². The predicted octanol–water partition coefficient (Wildman–Crippen LogP) is 4.34. The van der Waals surface area contributed by atoms with Crippen LogP contribution >= 0.6 is 11.6 Å². The highest BCUT2D eigenvalue weighted by atomic mass is 35.5. The fourth-order valence-corrected chi connectivity index (χ4v) is 3.32. The summed E-state index contributed by atoms with van der Waals surface area (Å²) < 4.78 is 0. The van der Waals surface area contributed by atoms with Gasteiger partial charge in [0.2, 0.25) is 11.8 Å². The van der Waals surface area contributed by atoms with E-state index in [-0.39, 0.29) is 18.2 Å². The molecule has 5 nitrogen and oxygen atoms in total. The average Bonchev–Trinajstić information content (AvgIpc) is 2.77. The third-order valence-corrected chi connectivity index (χ3v) is 4.62. The first-order chi connectivity index (χ1) is 13.1. The topological polar surface area (TPSA) is 53.5 Å². The van der Waals surface area contributed by atoms with Crippen molar-refractivity contribution in [3.63, 3.8) is 0 Å². The summed E-state index contributed by atoms with van der Waals surface area (Å²) in [6.45, 7) is 0.373. The predicted molar refractivity (Wildman–Crippen MR) is 105 cm³/mol. The minimum absolute atomic E-state index is 0.240. The summed E-state index contributed by atoms with van der Waals surface area (Å²) in [4.78, 5) is 33.1. The van der Waals surface area contributed by atoms with Gasteiger partial charge >= 0.3 is 0 Å². The molecule has 0 saturated heterocycles. The maximum absolute atomic E-state index is 12.9. The van der Waals surface area contributed by atoms with E-state index in [1.807, 2.05) is 30.3 Å². The van der Waals surface area contributed by atoms with Crippen molar-refractivity contribution in [1.29, 1.82) is 0 Å². The standard InChI is InChI=1S/C21H16ClN3O2/c22-16-9-10-17-18(12-16)25(19-8-4-5-11-23-19)21(27)13-20(26)24(17)14-15-6-2-1-3-7-15/h1-12H,13-14H2. The molecule has 1 aliphatic rings. The first-order valence-electron chi connectivity index (χ1n) is 8.51. The largest absolute Gasteiger partial charge is 0.305 e. The highest BCUT2D eigenvalue weighted by molar-refractivity contribution is 6.31. The molecule has 0 unspecified atom stereocenters. The monoisotopic (exact) mass is 377 g/mol. The Kier molecular flexibility index (Phi) is 4.60. The van der Waals surface area contributed by atoms with Crippen LogP contribution in [0.3, 0.4) is 0 Å². The molecule has 4 rings (SSSR count). The van der Waals surface area contributed by atoms with Crippen LogP contribution in [-0.2, 0) is 16.1 Å². The Morgan fingerprint density at radius 1 is 0.889 bits per heavy atom. The molecule has 0 aliphatic carbocycles. The molecule has 0 atom stereocenters. The molecular formula is C21H16ClN3O2. The summed E-state index contributed by atoms with van der Waals surface area (Å²) in [5.41, 5.74) is 2.16. The van der Waals surface area contributed by atoms with Crippen molar-refractivity contribution >= 4 is 40.6 Å². The molecule has 2 amide bonds. The number of rotatable bonds is 3. The first-order valence-corrected chi connectivity index (χ1v) is 8.89. The van der Waals surface area contributed by atoms with E-state index in [1.165, 1.54) is 4.90 Å². The number of pyridine rings is 1. The number of benzene rings is 2. The van der Waals surface area contributed by atoms with Crippen LogP contribution in [0.2, 0.25) is 5.02 Å². The number of halogens is 1. The summed E-state index contributed by atoms with van der Waals surface area (Å²) in [7, 11) is 0. The van der Waals surface area contributed by atoms with Crippen LogP contribution in [0.15, 0.2) is 72.9 Å². The Bertz CT molecular complexity index is 993. The molecule has 6 heteroatoms. The molecule has 1 aromatic heterocycles. The Morgan fingerprint density at radius 3 is 2.41 bits per heavy atom. The molecule has 1 aliphatic heterocycles. The zero-order chi connectivity index (χ0) is 18.8. The van der Waals surface area contributed by atoms with E-state index < -0.39 is 0 Å². The highest BCUT2D eigenvalue weighted by Crippen LogP contribution is 2.39. The molecular weight excluding hydrogens is 362 g/mol. The van der Waals surface area contributed by atoms with Crippen LogP contribution in [0.25, 0.3) is 0 Å². The third kappa shape index (κ3) is 3.41. The lowest BCUT2D eigenvalue weighted by molar-refractivity contribution is -0.125.